The van der Waals surface area contributed by atoms with Crippen molar-refractivity contribution in [1.82, 2.24) is 19.4 Å². The minimum absolute atomic E-state index is 0.0177. The van der Waals surface area contributed by atoms with Gasteiger partial charge in [0.05, 0.1) is 19.3 Å². The number of fused-ring (bicyclic) bond motifs is 1. The molecular weight excluding hydrogens is 628 g/mol. The van der Waals surface area contributed by atoms with Crippen LogP contribution in [0.15, 0.2) is 82.7 Å². The molecule has 248 valence electrons. The van der Waals surface area contributed by atoms with Crippen molar-refractivity contribution in [1.29, 1.82) is 0 Å². The molecule has 0 radical (unpaired) electrons. The van der Waals surface area contributed by atoms with Crippen LogP contribution in [0.2, 0.25) is 0 Å². The Labute approximate surface area is 301 Å². The second-order valence-electron chi connectivity index (χ2n) is 9.72. The summed E-state index contributed by atoms with van der Waals surface area (Å²) in [5, 5.41) is -0.922. The molecule has 47 heavy (non-hydrogen) atoms. The van der Waals surface area contributed by atoms with E-state index in [0.29, 0.717) is 30.5 Å². The summed E-state index contributed by atoms with van der Waals surface area (Å²) in [6, 6.07) is 1.27. The second-order valence-corrected chi connectivity index (χ2v) is 10.5. The molecule has 3 aromatic carbocycles. The molecule has 0 spiro atoms. The van der Waals surface area contributed by atoms with Gasteiger partial charge >= 0.3 is 6.18 Å². The number of carbonyl (C=O) groups excluding carboxylic acids is 1. The number of carbonyl (C=O) groups is 1. The van der Waals surface area contributed by atoms with E-state index in [1.165, 1.54) is 0 Å². The fourth-order valence-electron chi connectivity index (χ4n) is 4.38. The zero-order valence-electron chi connectivity index (χ0n) is 42.8. The van der Waals surface area contributed by atoms with Gasteiger partial charge in [-0.25, -0.2) is 4.39 Å². The van der Waals surface area contributed by atoms with Crippen molar-refractivity contribution < 1.29 is 47.0 Å². The normalized spacial score (nSPS) is 20.6. The Morgan fingerprint density at radius 1 is 0.957 bits per heavy atom. The summed E-state index contributed by atoms with van der Waals surface area (Å²) in [6.07, 6.45) is -5.02. The Morgan fingerprint density at radius 3 is 2.28 bits per heavy atom. The molecule has 1 aromatic heterocycles. The summed E-state index contributed by atoms with van der Waals surface area (Å²) in [5.41, 5.74) is -8.31. The molecule has 0 bridgehead atoms. The summed E-state index contributed by atoms with van der Waals surface area (Å²) >= 11 is 0.0177. The number of hydrogen-bond acceptors (Lipinski definition) is 5. The molecule has 0 saturated carbocycles. The highest BCUT2D eigenvalue weighted by Crippen LogP contribution is 2.31. The first kappa shape index (κ1) is 18.0. The highest BCUT2D eigenvalue weighted by molar-refractivity contribution is 7.98. The van der Waals surface area contributed by atoms with Crippen molar-refractivity contribution in [2.45, 2.75) is 63.1 Å². The number of rotatable bonds is 13. The second kappa shape index (κ2) is 15.3. The van der Waals surface area contributed by atoms with E-state index in [2.05, 4.69) is 4.98 Å². The highest BCUT2D eigenvalue weighted by atomic mass is 32.2. The third-order valence-corrected chi connectivity index (χ3v) is 7.48. The van der Waals surface area contributed by atoms with Crippen LogP contribution in [0.3, 0.4) is 0 Å². The number of benzene rings is 3. The summed E-state index contributed by atoms with van der Waals surface area (Å²) < 4.78 is 214. The predicted octanol–water partition coefficient (Wildman–Crippen LogP) is 7.22. The summed E-state index contributed by atoms with van der Waals surface area (Å²) in [4.78, 5) is 31.1. The molecule has 0 N–H and O–H groups in total. The van der Waals surface area contributed by atoms with Crippen LogP contribution < -0.4 is 5.56 Å². The first-order valence-corrected chi connectivity index (χ1v) is 14.7. The number of alkyl halides is 3. The van der Waals surface area contributed by atoms with Crippen LogP contribution in [0.4, 0.5) is 17.6 Å². The van der Waals surface area contributed by atoms with E-state index in [1.54, 1.807) is 0 Å². The van der Waals surface area contributed by atoms with Crippen molar-refractivity contribution in [3.63, 3.8) is 0 Å². The zero-order chi connectivity index (χ0) is 49.6. The SMILES string of the molecule is [2H]c1c([2H])c(C([2H])([2H])N(C(=O)C([2H])([2H])n2c(SC([2H])([2H])c3ccc(F)cc3)nc(=O)c3c2CCC3)C([2H])([2H])C([2H])([2H])N(C([2H])([2H])C)C([2H])([2H])C)c([2H])c([2H])c1-c1ccc(C(F)(F)F)cc1. The minimum atomic E-state index is -4.83. The van der Waals surface area contributed by atoms with Gasteiger partial charge in [-0.15, -0.1) is 0 Å². The zero-order valence-corrected chi connectivity index (χ0v) is 25.6. The van der Waals surface area contributed by atoms with Gasteiger partial charge in [-0.3, -0.25) is 9.59 Å². The van der Waals surface area contributed by atoms with Crippen molar-refractivity contribution in [2.24, 2.45) is 0 Å². The van der Waals surface area contributed by atoms with E-state index in [-0.39, 0.29) is 58.3 Å². The third kappa shape index (κ3) is 8.70. The van der Waals surface area contributed by atoms with Crippen molar-refractivity contribution >= 4 is 17.7 Å². The van der Waals surface area contributed by atoms with E-state index in [0.717, 1.165) is 36.4 Å². The Kier molecular flexibility index (Phi) is 5.85. The van der Waals surface area contributed by atoms with E-state index in [4.69, 9.17) is 16.4 Å². The van der Waals surface area contributed by atoms with Crippen LogP contribution in [0.25, 0.3) is 11.1 Å². The molecule has 5 rings (SSSR count). The fraction of sp³-hybridized carbons (Fsp3) is 0.361. The van der Waals surface area contributed by atoms with Crippen LogP contribution >= 0.6 is 11.8 Å². The van der Waals surface area contributed by atoms with Crippen LogP contribution in [0.5, 0.6) is 0 Å². The van der Waals surface area contributed by atoms with E-state index >= 15 is 4.79 Å². The predicted molar refractivity (Wildman–Crippen MR) is 177 cm³/mol. The Balaban J connectivity index is 1.84. The van der Waals surface area contributed by atoms with Crippen molar-refractivity contribution in [2.75, 3.05) is 26.0 Å². The fourth-order valence-corrected chi connectivity index (χ4v) is 5.10. The smallest absolute Gasteiger partial charge is 0.336 e. The Morgan fingerprint density at radius 2 is 1.64 bits per heavy atom. The summed E-state index contributed by atoms with van der Waals surface area (Å²) in [5.74, 6) is -3.24. The molecule has 1 aliphatic carbocycles. The molecule has 6 nitrogen and oxygen atoms in total. The van der Waals surface area contributed by atoms with Crippen LogP contribution in [-0.4, -0.2) is 51.2 Å². The van der Waals surface area contributed by atoms with Gasteiger partial charge in [-0.05, 0) is 78.8 Å². The topological polar surface area (TPSA) is 58.4 Å². The minimum Gasteiger partial charge on any atom is -0.336 e. The largest absolute Gasteiger partial charge is 0.416 e. The average Bonchev–Trinajstić information content (AvgIpc) is 3.62. The maximum Gasteiger partial charge on any atom is 0.416 e. The van der Waals surface area contributed by atoms with Gasteiger partial charge in [0.2, 0.25) is 5.91 Å². The number of halogens is 4. The lowest BCUT2D eigenvalue weighted by Crippen LogP contribution is -2.40. The van der Waals surface area contributed by atoms with E-state index in [9.17, 15) is 30.6 Å². The summed E-state index contributed by atoms with van der Waals surface area (Å²) in [6.45, 7) is -22.4. The van der Waals surface area contributed by atoms with Crippen molar-refractivity contribution in [3.05, 3.63) is 117 Å². The molecule has 0 saturated heterocycles. The molecule has 1 amide bonds. The standard InChI is InChI=1S/C36H38F4N4O2S/c1-3-42(4-2)20-21-43(22-25-8-12-27(13-9-25)28-14-16-29(17-15-28)36(38,39)40)33(45)23-44-32-7-5-6-31(32)34(46)41-35(44)47-24-26-10-18-30(37)19-11-26/h8-19H,3-7,20-24H2,1-2H3/i3D2,4D2,8D,9D,12D,13D,20D2,21D2,22D2,23D2,24D2. The monoisotopic (exact) mass is 684 g/mol. The maximum atomic E-state index is 15.2. The average molecular weight is 685 g/mol. The Hall–Kier alpha value is -3.96. The van der Waals surface area contributed by atoms with Gasteiger partial charge in [-0.2, -0.15) is 18.2 Å². The summed E-state index contributed by atoms with van der Waals surface area (Å²) in [7, 11) is 0. The molecular formula is C36H38F4N4O2S. The lowest BCUT2D eigenvalue weighted by molar-refractivity contribution is -0.137. The molecule has 11 heteroatoms. The van der Waals surface area contributed by atoms with Gasteiger partial charge in [0.15, 0.2) is 5.16 Å². The van der Waals surface area contributed by atoms with Gasteiger partial charge in [0.1, 0.15) is 12.3 Å². The van der Waals surface area contributed by atoms with Crippen LogP contribution in [0, 0.1) is 5.82 Å². The molecule has 1 heterocycles. The van der Waals surface area contributed by atoms with Crippen molar-refractivity contribution in [3.8, 4) is 11.1 Å². The maximum absolute atomic E-state index is 15.2. The van der Waals surface area contributed by atoms with E-state index < -0.39 is 119 Å². The van der Waals surface area contributed by atoms with Crippen LogP contribution in [0.1, 0.15) is 72.9 Å². The molecule has 1 aliphatic rings. The lowest BCUT2D eigenvalue weighted by atomic mass is 10.0. The van der Waals surface area contributed by atoms with Gasteiger partial charge in [-0.1, -0.05) is 74.0 Å². The Bertz CT molecular complexity index is 2520. The molecule has 0 aliphatic heterocycles. The van der Waals surface area contributed by atoms with Crippen LogP contribution in [-0.2, 0) is 42.5 Å². The number of hydrogen-bond donors (Lipinski definition) is 0. The first-order valence-electron chi connectivity index (χ1n) is 22.9. The molecule has 4 aromatic rings. The van der Waals surface area contributed by atoms with E-state index in [1.807, 2.05) is 0 Å². The number of likely N-dealkylation sites (N-methyl/N-ethyl adjacent to an activating group) is 1. The van der Waals surface area contributed by atoms with Gasteiger partial charge in [0.25, 0.3) is 5.56 Å². The van der Waals surface area contributed by atoms with Gasteiger partial charge < -0.3 is 14.4 Å². The highest BCUT2D eigenvalue weighted by Gasteiger charge is 2.30. The quantitative estimate of drug-likeness (QED) is 0.0846. The molecule has 0 unspecified atom stereocenters. The molecule has 0 fully saturated rings. The third-order valence-electron chi connectivity index (χ3n) is 6.69. The number of amides is 1. The number of aromatic nitrogens is 2. The first-order chi connectivity index (χ1) is 29.3. The number of nitrogens with zero attached hydrogens (tertiary/aromatic N) is 4. The number of thioether (sulfide) groups is 1. The molecule has 0 atom stereocenters. The lowest BCUT2D eigenvalue weighted by Gasteiger charge is -2.28. The van der Waals surface area contributed by atoms with Gasteiger partial charge in [0, 0.05) is 47.4 Å².